The molecule has 0 saturated carbocycles. The van der Waals surface area contributed by atoms with Crippen LogP contribution in [0.2, 0.25) is 0 Å². The largest absolute Gasteiger partial charge is 0.376 e. The highest BCUT2D eigenvalue weighted by Crippen LogP contribution is 2.15. The molecule has 0 amide bonds. The van der Waals surface area contributed by atoms with Crippen LogP contribution in [-0.4, -0.2) is 29.0 Å². The summed E-state index contributed by atoms with van der Waals surface area (Å²) in [6.07, 6.45) is 4.87. The fourth-order valence-corrected chi connectivity index (χ4v) is 2.32. The molecule has 1 N–H and O–H groups in total. The highest BCUT2D eigenvalue weighted by atomic mass is 16.5. The lowest BCUT2D eigenvalue weighted by Crippen LogP contribution is -2.19. The third-order valence-corrected chi connectivity index (χ3v) is 3.33. The Morgan fingerprint density at radius 2 is 2.39 bits per heavy atom. The second kappa shape index (κ2) is 6.34. The Morgan fingerprint density at radius 3 is 3.06 bits per heavy atom. The fourth-order valence-electron chi connectivity index (χ4n) is 2.32. The van der Waals surface area contributed by atoms with Gasteiger partial charge in [0.05, 0.1) is 18.3 Å². The second-order valence-corrected chi connectivity index (χ2v) is 5.62. The summed E-state index contributed by atoms with van der Waals surface area (Å²) in [5, 5.41) is 8.03. The molecule has 0 spiro atoms. The van der Waals surface area contributed by atoms with E-state index in [1.54, 1.807) is 0 Å². The molecule has 1 atom stereocenters. The standard InChI is InChI=1S/C14H25N3O/c1-11(2)7-15-8-13-9-17(16-12(13)3)10-14-5-4-6-18-14/h9,11,14-15H,4-8,10H2,1-3H3. The van der Waals surface area contributed by atoms with Crippen LogP contribution >= 0.6 is 0 Å². The first-order valence-electron chi connectivity index (χ1n) is 7.00. The molecule has 1 fully saturated rings. The number of rotatable bonds is 6. The van der Waals surface area contributed by atoms with Crippen molar-refractivity contribution in [3.63, 3.8) is 0 Å². The molecule has 2 heterocycles. The van der Waals surface area contributed by atoms with Gasteiger partial charge in [0.1, 0.15) is 0 Å². The maximum absolute atomic E-state index is 5.64. The molecule has 0 bridgehead atoms. The van der Waals surface area contributed by atoms with Gasteiger partial charge in [-0.2, -0.15) is 5.10 Å². The minimum atomic E-state index is 0.362. The van der Waals surface area contributed by atoms with Gasteiger partial charge in [-0.3, -0.25) is 4.68 Å². The number of nitrogens with one attached hydrogen (secondary N) is 1. The van der Waals surface area contributed by atoms with Crippen LogP contribution in [-0.2, 0) is 17.8 Å². The molecule has 1 aromatic rings. The van der Waals surface area contributed by atoms with Gasteiger partial charge in [0, 0.05) is 24.9 Å². The van der Waals surface area contributed by atoms with Crippen LogP contribution in [0, 0.1) is 12.8 Å². The number of hydrogen-bond acceptors (Lipinski definition) is 3. The summed E-state index contributed by atoms with van der Waals surface area (Å²) < 4.78 is 7.68. The Labute approximate surface area is 110 Å². The van der Waals surface area contributed by atoms with Crippen LogP contribution in [0.3, 0.4) is 0 Å². The van der Waals surface area contributed by atoms with E-state index >= 15 is 0 Å². The van der Waals surface area contributed by atoms with Gasteiger partial charge in [0.25, 0.3) is 0 Å². The van der Waals surface area contributed by atoms with Crippen LogP contribution in [0.15, 0.2) is 6.20 Å². The van der Waals surface area contributed by atoms with Crippen molar-refractivity contribution in [2.75, 3.05) is 13.2 Å². The lowest BCUT2D eigenvalue weighted by molar-refractivity contribution is 0.0939. The van der Waals surface area contributed by atoms with Gasteiger partial charge < -0.3 is 10.1 Å². The van der Waals surface area contributed by atoms with E-state index in [-0.39, 0.29) is 0 Å². The van der Waals surface area contributed by atoms with E-state index in [0.717, 1.165) is 31.9 Å². The molecule has 4 nitrogen and oxygen atoms in total. The van der Waals surface area contributed by atoms with E-state index in [9.17, 15) is 0 Å². The Balaban J connectivity index is 1.85. The topological polar surface area (TPSA) is 39.1 Å². The van der Waals surface area contributed by atoms with Crippen LogP contribution in [0.4, 0.5) is 0 Å². The predicted octanol–water partition coefficient (Wildman–Crippen LogP) is 2.12. The van der Waals surface area contributed by atoms with Crippen molar-refractivity contribution in [2.45, 2.75) is 52.8 Å². The Kier molecular flexibility index (Phi) is 4.78. The molecule has 1 saturated heterocycles. The third-order valence-electron chi connectivity index (χ3n) is 3.33. The highest BCUT2D eigenvalue weighted by Gasteiger charge is 2.17. The minimum Gasteiger partial charge on any atom is -0.376 e. The summed E-state index contributed by atoms with van der Waals surface area (Å²) in [7, 11) is 0. The predicted molar refractivity (Wildman–Crippen MR) is 72.5 cm³/mol. The lowest BCUT2D eigenvalue weighted by atomic mass is 10.2. The lowest BCUT2D eigenvalue weighted by Gasteiger charge is -2.08. The van der Waals surface area contributed by atoms with Gasteiger partial charge in [0.15, 0.2) is 0 Å². The second-order valence-electron chi connectivity index (χ2n) is 5.62. The average Bonchev–Trinajstić information content (AvgIpc) is 2.90. The van der Waals surface area contributed by atoms with E-state index in [4.69, 9.17) is 4.74 Å². The summed E-state index contributed by atoms with van der Waals surface area (Å²) in [5.41, 5.74) is 2.43. The molecule has 1 aromatic heterocycles. The molecule has 0 aromatic carbocycles. The Morgan fingerprint density at radius 1 is 1.56 bits per heavy atom. The van der Waals surface area contributed by atoms with Crippen molar-refractivity contribution in [3.8, 4) is 0 Å². The summed E-state index contributed by atoms with van der Waals surface area (Å²) in [6.45, 7) is 10.3. The van der Waals surface area contributed by atoms with Crippen molar-refractivity contribution in [1.82, 2.24) is 15.1 Å². The van der Waals surface area contributed by atoms with Crippen LogP contribution in [0.1, 0.15) is 37.9 Å². The molecule has 4 heteroatoms. The highest BCUT2D eigenvalue weighted by molar-refractivity contribution is 5.15. The Hall–Kier alpha value is -0.870. The molecule has 0 radical (unpaired) electrons. The van der Waals surface area contributed by atoms with E-state index < -0.39 is 0 Å². The number of aromatic nitrogens is 2. The summed E-state index contributed by atoms with van der Waals surface area (Å²) >= 11 is 0. The first-order chi connectivity index (χ1) is 8.65. The molecular weight excluding hydrogens is 226 g/mol. The van der Waals surface area contributed by atoms with E-state index in [1.165, 1.54) is 18.4 Å². The molecule has 1 aliphatic rings. The van der Waals surface area contributed by atoms with Gasteiger partial charge >= 0.3 is 0 Å². The van der Waals surface area contributed by atoms with Crippen LogP contribution in [0.5, 0.6) is 0 Å². The van der Waals surface area contributed by atoms with E-state index in [1.807, 2.05) is 4.68 Å². The zero-order valence-electron chi connectivity index (χ0n) is 11.8. The maximum atomic E-state index is 5.64. The van der Waals surface area contributed by atoms with E-state index in [2.05, 4.69) is 37.4 Å². The molecule has 102 valence electrons. The molecule has 0 aliphatic carbocycles. The zero-order valence-corrected chi connectivity index (χ0v) is 11.8. The van der Waals surface area contributed by atoms with Gasteiger partial charge in [-0.1, -0.05) is 13.8 Å². The van der Waals surface area contributed by atoms with Crippen molar-refractivity contribution >= 4 is 0 Å². The van der Waals surface area contributed by atoms with Gasteiger partial charge in [-0.05, 0) is 32.2 Å². The quantitative estimate of drug-likeness (QED) is 0.841. The van der Waals surface area contributed by atoms with Crippen molar-refractivity contribution < 1.29 is 4.74 Å². The number of nitrogens with zero attached hydrogens (tertiary/aromatic N) is 2. The smallest absolute Gasteiger partial charge is 0.0771 e. The number of ether oxygens (including phenoxy) is 1. The maximum Gasteiger partial charge on any atom is 0.0771 e. The number of hydrogen-bond donors (Lipinski definition) is 1. The SMILES string of the molecule is Cc1nn(CC2CCCO2)cc1CNCC(C)C. The van der Waals surface area contributed by atoms with Gasteiger partial charge in [-0.15, -0.1) is 0 Å². The van der Waals surface area contributed by atoms with Crippen molar-refractivity contribution in [3.05, 3.63) is 17.5 Å². The molecule has 1 aliphatic heterocycles. The third kappa shape index (κ3) is 3.82. The van der Waals surface area contributed by atoms with Crippen molar-refractivity contribution in [1.29, 1.82) is 0 Å². The van der Waals surface area contributed by atoms with Crippen molar-refractivity contribution in [2.24, 2.45) is 5.92 Å². The normalized spacial score (nSPS) is 19.9. The fraction of sp³-hybridized carbons (Fsp3) is 0.786. The molecule has 2 rings (SSSR count). The number of aryl methyl sites for hydroxylation is 1. The molecular formula is C14H25N3O. The zero-order chi connectivity index (χ0) is 13.0. The molecule has 18 heavy (non-hydrogen) atoms. The summed E-state index contributed by atoms with van der Waals surface area (Å²) in [4.78, 5) is 0. The molecule has 1 unspecified atom stereocenters. The minimum absolute atomic E-state index is 0.362. The van der Waals surface area contributed by atoms with Crippen LogP contribution in [0.25, 0.3) is 0 Å². The van der Waals surface area contributed by atoms with E-state index in [0.29, 0.717) is 12.0 Å². The average molecular weight is 251 g/mol. The van der Waals surface area contributed by atoms with Gasteiger partial charge in [0.2, 0.25) is 0 Å². The summed E-state index contributed by atoms with van der Waals surface area (Å²) in [6, 6.07) is 0. The Bertz CT molecular complexity index is 367. The first kappa shape index (κ1) is 13.6. The summed E-state index contributed by atoms with van der Waals surface area (Å²) in [5.74, 6) is 0.687. The first-order valence-corrected chi connectivity index (χ1v) is 7.00. The van der Waals surface area contributed by atoms with Gasteiger partial charge in [-0.25, -0.2) is 0 Å². The monoisotopic (exact) mass is 251 g/mol. The van der Waals surface area contributed by atoms with Crippen LogP contribution < -0.4 is 5.32 Å².